The molecule has 4 rings (SSSR count). The molecule has 3 aliphatic rings. The zero-order valence-electron chi connectivity index (χ0n) is 14.4. The van der Waals surface area contributed by atoms with Crippen LogP contribution < -0.4 is 10.6 Å². The van der Waals surface area contributed by atoms with Gasteiger partial charge in [0.15, 0.2) is 0 Å². The Kier molecular flexibility index (Phi) is 5.04. The maximum absolute atomic E-state index is 12.8. The number of benzene rings is 1. The predicted octanol–water partition coefficient (Wildman–Crippen LogP) is 1.53. The molecule has 3 heterocycles. The van der Waals surface area contributed by atoms with Crippen molar-refractivity contribution in [2.45, 2.75) is 25.3 Å². The maximum atomic E-state index is 12.8. The zero-order valence-corrected chi connectivity index (χ0v) is 14.4. The van der Waals surface area contributed by atoms with E-state index in [9.17, 15) is 9.59 Å². The number of hydrogen-bond acceptors (Lipinski definition) is 3. The Labute approximate surface area is 143 Å². The van der Waals surface area contributed by atoms with Gasteiger partial charge in [0.1, 0.15) is 0 Å². The summed E-state index contributed by atoms with van der Waals surface area (Å²) in [6.07, 6.45) is 2.54. The molecule has 1 aromatic rings. The van der Waals surface area contributed by atoms with Crippen LogP contribution in [0, 0.1) is 5.92 Å². The van der Waals surface area contributed by atoms with Crippen LogP contribution in [0.25, 0.3) is 0 Å². The number of amides is 3. The topological polar surface area (TPSA) is 64.7 Å². The van der Waals surface area contributed by atoms with Crippen molar-refractivity contribution in [1.29, 1.82) is 0 Å². The van der Waals surface area contributed by atoms with Crippen molar-refractivity contribution in [3.8, 4) is 0 Å². The van der Waals surface area contributed by atoms with Gasteiger partial charge in [-0.3, -0.25) is 4.79 Å². The molecule has 24 heavy (non-hydrogen) atoms. The van der Waals surface area contributed by atoms with Crippen LogP contribution in [0.3, 0.4) is 0 Å². The molecule has 3 fully saturated rings. The van der Waals surface area contributed by atoms with E-state index in [1.54, 1.807) is 19.0 Å². The number of likely N-dealkylation sites (N-methyl/N-ethyl adjacent to an activating group) is 1. The maximum Gasteiger partial charge on any atom is 0.322 e. The number of urea groups is 1. The summed E-state index contributed by atoms with van der Waals surface area (Å²) in [4.78, 5) is 28.3. The van der Waals surface area contributed by atoms with E-state index < -0.39 is 0 Å². The smallest absolute Gasteiger partial charge is 0.322 e. The number of nitrogens with one attached hydrogen (secondary N) is 2. The van der Waals surface area contributed by atoms with Gasteiger partial charge in [0.05, 0.1) is 6.42 Å². The first kappa shape index (κ1) is 16.8. The number of nitrogens with zero attached hydrogens (tertiary/aromatic N) is 2. The minimum Gasteiger partial charge on any atom is -0.349 e. The minimum absolute atomic E-state index is 0.0229. The zero-order chi connectivity index (χ0) is 17.1. The van der Waals surface area contributed by atoms with E-state index in [0.717, 1.165) is 37.3 Å². The van der Waals surface area contributed by atoms with Gasteiger partial charge in [-0.2, -0.15) is 0 Å². The highest BCUT2D eigenvalue weighted by atomic mass is 16.2. The lowest BCUT2D eigenvalue weighted by Gasteiger charge is -2.36. The number of carbonyl (C=O) groups excluding carboxylic acids is 2. The van der Waals surface area contributed by atoms with Crippen molar-refractivity contribution in [3.63, 3.8) is 0 Å². The van der Waals surface area contributed by atoms with E-state index in [1.165, 1.54) is 6.42 Å². The molecule has 0 aromatic heterocycles. The second-order valence-corrected chi connectivity index (χ2v) is 6.96. The Bertz CT molecular complexity index is 613. The number of anilines is 1. The molecule has 2 N–H and O–H groups in total. The van der Waals surface area contributed by atoms with Crippen LogP contribution in [0.5, 0.6) is 0 Å². The van der Waals surface area contributed by atoms with E-state index in [0.29, 0.717) is 5.92 Å². The Balaban J connectivity index is 1.71. The lowest BCUT2D eigenvalue weighted by atomic mass is 9.95. The van der Waals surface area contributed by atoms with Gasteiger partial charge in [-0.15, -0.1) is 0 Å². The third-order valence-electron chi connectivity index (χ3n) is 4.98. The molecule has 0 saturated carbocycles. The number of carbonyl (C=O) groups is 2. The number of rotatable bonds is 3. The molecule has 130 valence electrons. The number of piperidine rings is 1. The van der Waals surface area contributed by atoms with Crippen molar-refractivity contribution >= 4 is 17.6 Å². The first-order chi connectivity index (χ1) is 11.5. The predicted molar refractivity (Wildman–Crippen MR) is 93.9 cm³/mol. The summed E-state index contributed by atoms with van der Waals surface area (Å²) in [5, 5.41) is 6.46. The van der Waals surface area contributed by atoms with Gasteiger partial charge in [0, 0.05) is 38.9 Å². The second kappa shape index (κ2) is 7.21. The Morgan fingerprint density at radius 3 is 2.83 bits per heavy atom. The van der Waals surface area contributed by atoms with Crippen molar-refractivity contribution in [2.75, 3.05) is 39.0 Å². The largest absolute Gasteiger partial charge is 0.349 e. The summed E-state index contributed by atoms with van der Waals surface area (Å²) in [7, 11) is 3.48. The number of para-hydroxylation sites is 1. The normalized spacial score (nSPS) is 22.8. The molecule has 6 heteroatoms. The Hall–Kier alpha value is -2.08. The number of hydrogen-bond donors (Lipinski definition) is 2. The van der Waals surface area contributed by atoms with E-state index in [2.05, 4.69) is 10.6 Å². The molecule has 3 saturated heterocycles. The Morgan fingerprint density at radius 2 is 2.04 bits per heavy atom. The lowest BCUT2D eigenvalue weighted by Crippen LogP contribution is -2.49. The second-order valence-electron chi connectivity index (χ2n) is 6.96. The third kappa shape index (κ3) is 3.70. The highest BCUT2D eigenvalue weighted by molar-refractivity contribution is 5.91. The van der Waals surface area contributed by atoms with Crippen molar-refractivity contribution in [2.24, 2.45) is 5.92 Å². The van der Waals surface area contributed by atoms with Crippen LogP contribution in [0.15, 0.2) is 24.3 Å². The summed E-state index contributed by atoms with van der Waals surface area (Å²) in [5.41, 5.74) is 1.58. The van der Waals surface area contributed by atoms with Crippen LogP contribution in [-0.4, -0.2) is 61.5 Å². The fourth-order valence-corrected chi connectivity index (χ4v) is 3.49. The van der Waals surface area contributed by atoms with Gasteiger partial charge in [-0.25, -0.2) is 4.79 Å². The van der Waals surface area contributed by atoms with Crippen molar-refractivity contribution < 1.29 is 9.59 Å². The quantitative estimate of drug-likeness (QED) is 0.883. The van der Waals surface area contributed by atoms with E-state index in [4.69, 9.17) is 0 Å². The van der Waals surface area contributed by atoms with Gasteiger partial charge in [0.25, 0.3) is 0 Å². The third-order valence-corrected chi connectivity index (χ3v) is 4.98. The SMILES string of the molecule is CN(C)C(=O)Cc1ccccc1NC(=O)N1C[C@@H]2CC[C@H]1CNC2. The first-order valence-electron chi connectivity index (χ1n) is 8.61. The van der Waals surface area contributed by atoms with Gasteiger partial charge < -0.3 is 20.4 Å². The fourth-order valence-electron chi connectivity index (χ4n) is 3.49. The molecule has 3 aliphatic heterocycles. The van der Waals surface area contributed by atoms with E-state index in [1.807, 2.05) is 29.2 Å². The molecule has 0 radical (unpaired) electrons. The molecule has 0 unspecified atom stereocenters. The summed E-state index contributed by atoms with van der Waals surface area (Å²) < 4.78 is 0. The van der Waals surface area contributed by atoms with Crippen LogP contribution in [0.4, 0.5) is 10.5 Å². The van der Waals surface area contributed by atoms with E-state index in [-0.39, 0.29) is 24.4 Å². The first-order valence-corrected chi connectivity index (χ1v) is 8.61. The Morgan fingerprint density at radius 1 is 1.25 bits per heavy atom. The van der Waals surface area contributed by atoms with Gasteiger partial charge in [0.2, 0.25) is 5.91 Å². The molecular formula is C18H26N4O2. The highest BCUT2D eigenvalue weighted by Gasteiger charge is 2.34. The van der Waals surface area contributed by atoms with Crippen molar-refractivity contribution in [3.05, 3.63) is 29.8 Å². The van der Waals surface area contributed by atoms with Crippen LogP contribution in [-0.2, 0) is 11.2 Å². The molecule has 1 aromatic carbocycles. The van der Waals surface area contributed by atoms with Gasteiger partial charge in [-0.05, 0) is 36.9 Å². The molecule has 2 bridgehead atoms. The van der Waals surface area contributed by atoms with Crippen molar-refractivity contribution in [1.82, 2.24) is 15.1 Å². The standard InChI is InChI=1S/C18H26N4O2/c1-21(2)17(23)9-14-5-3-4-6-16(14)20-18(24)22-12-13-7-8-15(22)11-19-10-13/h3-6,13,15,19H,7-12H2,1-2H3,(H,20,24)/t13-,15+/m1/s1. The molecule has 0 aliphatic carbocycles. The summed E-state index contributed by atoms with van der Waals surface area (Å²) in [6, 6.07) is 7.75. The fraction of sp³-hybridized carbons (Fsp3) is 0.556. The van der Waals surface area contributed by atoms with Crippen LogP contribution in [0.1, 0.15) is 18.4 Å². The van der Waals surface area contributed by atoms with Gasteiger partial charge in [-0.1, -0.05) is 18.2 Å². The lowest BCUT2D eigenvalue weighted by molar-refractivity contribution is -0.127. The van der Waals surface area contributed by atoms with Crippen LogP contribution in [0.2, 0.25) is 0 Å². The average molecular weight is 330 g/mol. The molecule has 6 nitrogen and oxygen atoms in total. The molecule has 2 atom stereocenters. The molecular weight excluding hydrogens is 304 g/mol. The molecule has 0 spiro atoms. The summed E-state index contributed by atoms with van der Waals surface area (Å²) in [6.45, 7) is 2.67. The summed E-state index contributed by atoms with van der Waals surface area (Å²) >= 11 is 0. The average Bonchev–Trinajstić information content (AvgIpc) is 2.92. The monoisotopic (exact) mass is 330 g/mol. The van der Waals surface area contributed by atoms with Gasteiger partial charge >= 0.3 is 6.03 Å². The van der Waals surface area contributed by atoms with Crippen LogP contribution >= 0.6 is 0 Å². The number of fused-ring (bicyclic) bond motifs is 4. The van der Waals surface area contributed by atoms with E-state index >= 15 is 0 Å². The highest BCUT2D eigenvalue weighted by Crippen LogP contribution is 2.25. The summed E-state index contributed by atoms with van der Waals surface area (Å²) in [5.74, 6) is 0.565. The minimum atomic E-state index is -0.0573. The molecule has 3 amide bonds.